The highest BCUT2D eigenvalue weighted by atomic mass is 35.5. The van der Waals surface area contributed by atoms with Gasteiger partial charge in [0.25, 0.3) is 0 Å². The van der Waals surface area contributed by atoms with Gasteiger partial charge in [0.05, 0.1) is 0 Å². The van der Waals surface area contributed by atoms with E-state index < -0.39 is 0 Å². The second-order valence-corrected chi connectivity index (χ2v) is 3.93. The Morgan fingerprint density at radius 3 is 3.23 bits per heavy atom. The Morgan fingerprint density at radius 1 is 1.46 bits per heavy atom. The number of hydrogen-bond donors (Lipinski definition) is 1. The fourth-order valence-corrected chi connectivity index (χ4v) is 2.08. The van der Waals surface area contributed by atoms with E-state index in [0.29, 0.717) is 5.88 Å². The highest BCUT2D eigenvalue weighted by Gasteiger charge is 2.01. The average Bonchev–Trinajstić information content (AvgIpc) is 2.62. The second kappa shape index (κ2) is 3.94. The summed E-state index contributed by atoms with van der Waals surface area (Å²) in [5.74, 6) is 1.53. The van der Waals surface area contributed by atoms with Crippen molar-refractivity contribution in [3.05, 3.63) is 23.7 Å². The van der Waals surface area contributed by atoms with Gasteiger partial charge in [-0.15, -0.1) is 22.9 Å². The standard InChI is InChI=1S/C9H9ClN2S/c10-3-5-12-9-7-2-6-13-8(7)1-4-11-9/h1-2,4,6H,3,5H2,(H,11,12). The van der Waals surface area contributed by atoms with Crippen LogP contribution in [0.2, 0.25) is 0 Å². The molecule has 2 aromatic heterocycles. The molecule has 4 heteroatoms. The van der Waals surface area contributed by atoms with Gasteiger partial charge in [-0.05, 0) is 17.5 Å². The molecular weight excluding hydrogens is 204 g/mol. The molecule has 0 radical (unpaired) electrons. The summed E-state index contributed by atoms with van der Waals surface area (Å²) in [6, 6.07) is 4.09. The number of hydrogen-bond acceptors (Lipinski definition) is 3. The summed E-state index contributed by atoms with van der Waals surface area (Å²) < 4.78 is 1.26. The first kappa shape index (κ1) is 8.78. The topological polar surface area (TPSA) is 24.9 Å². The number of nitrogens with zero attached hydrogens (tertiary/aromatic N) is 1. The van der Waals surface area contributed by atoms with Gasteiger partial charge >= 0.3 is 0 Å². The first-order valence-corrected chi connectivity index (χ1v) is 5.45. The first-order valence-electron chi connectivity index (χ1n) is 4.04. The van der Waals surface area contributed by atoms with Crippen LogP contribution in [0.4, 0.5) is 5.82 Å². The Balaban J connectivity index is 2.37. The van der Waals surface area contributed by atoms with Gasteiger partial charge in [0.15, 0.2) is 0 Å². The Hall–Kier alpha value is -0.800. The Kier molecular flexibility index (Phi) is 2.66. The van der Waals surface area contributed by atoms with Crippen molar-refractivity contribution < 1.29 is 0 Å². The number of nitrogens with one attached hydrogen (secondary N) is 1. The number of pyridine rings is 1. The first-order chi connectivity index (χ1) is 6.42. The summed E-state index contributed by atoms with van der Waals surface area (Å²) in [6.07, 6.45) is 1.81. The molecule has 0 saturated carbocycles. The molecule has 68 valence electrons. The van der Waals surface area contributed by atoms with Gasteiger partial charge in [-0.3, -0.25) is 0 Å². The van der Waals surface area contributed by atoms with Gasteiger partial charge in [0.1, 0.15) is 5.82 Å². The lowest BCUT2D eigenvalue weighted by molar-refractivity contribution is 1.18. The van der Waals surface area contributed by atoms with Crippen molar-refractivity contribution >= 4 is 38.8 Å². The van der Waals surface area contributed by atoms with Crippen LogP contribution in [0.15, 0.2) is 23.7 Å². The van der Waals surface area contributed by atoms with Crippen LogP contribution in [0.3, 0.4) is 0 Å². The van der Waals surface area contributed by atoms with E-state index in [1.807, 2.05) is 12.3 Å². The molecule has 0 aliphatic carbocycles. The molecular formula is C9H9ClN2S. The summed E-state index contributed by atoms with van der Waals surface area (Å²) in [5.41, 5.74) is 0. The maximum absolute atomic E-state index is 5.59. The molecule has 0 fully saturated rings. The van der Waals surface area contributed by atoms with Crippen molar-refractivity contribution in [2.75, 3.05) is 17.7 Å². The van der Waals surface area contributed by atoms with Crippen LogP contribution in [-0.2, 0) is 0 Å². The van der Waals surface area contributed by atoms with Crippen LogP contribution in [0.1, 0.15) is 0 Å². The lowest BCUT2D eigenvalue weighted by Crippen LogP contribution is -2.03. The third-order valence-electron chi connectivity index (χ3n) is 1.77. The third-order valence-corrected chi connectivity index (χ3v) is 2.84. The molecule has 0 spiro atoms. The lowest BCUT2D eigenvalue weighted by atomic mass is 10.3. The van der Waals surface area contributed by atoms with Crippen molar-refractivity contribution in [1.29, 1.82) is 0 Å². The van der Waals surface area contributed by atoms with E-state index in [2.05, 4.69) is 21.7 Å². The molecule has 2 aromatic rings. The number of rotatable bonds is 3. The maximum Gasteiger partial charge on any atom is 0.134 e. The number of thiophene rings is 1. The molecule has 0 aromatic carbocycles. The number of alkyl halides is 1. The normalized spacial score (nSPS) is 10.5. The fourth-order valence-electron chi connectivity index (χ4n) is 1.20. The number of aromatic nitrogens is 1. The van der Waals surface area contributed by atoms with Crippen molar-refractivity contribution in [3.63, 3.8) is 0 Å². The van der Waals surface area contributed by atoms with E-state index >= 15 is 0 Å². The van der Waals surface area contributed by atoms with E-state index in [1.54, 1.807) is 11.3 Å². The predicted octanol–water partition coefficient (Wildman–Crippen LogP) is 2.95. The Labute approximate surface area is 85.6 Å². The zero-order valence-electron chi connectivity index (χ0n) is 6.96. The molecule has 0 unspecified atom stereocenters. The molecule has 13 heavy (non-hydrogen) atoms. The van der Waals surface area contributed by atoms with E-state index in [1.165, 1.54) is 10.1 Å². The van der Waals surface area contributed by atoms with E-state index in [0.717, 1.165) is 12.4 Å². The van der Waals surface area contributed by atoms with Gasteiger partial charge < -0.3 is 5.32 Å². The molecule has 2 rings (SSSR count). The molecule has 0 aliphatic heterocycles. The van der Waals surface area contributed by atoms with Crippen molar-refractivity contribution in [3.8, 4) is 0 Å². The maximum atomic E-state index is 5.59. The molecule has 2 nitrogen and oxygen atoms in total. The summed E-state index contributed by atoms with van der Waals surface area (Å²) in [7, 11) is 0. The molecule has 0 aliphatic rings. The summed E-state index contributed by atoms with van der Waals surface area (Å²) in [4.78, 5) is 4.25. The van der Waals surface area contributed by atoms with Gasteiger partial charge in [-0.25, -0.2) is 4.98 Å². The van der Waals surface area contributed by atoms with E-state index in [4.69, 9.17) is 11.6 Å². The quantitative estimate of drug-likeness (QED) is 0.792. The molecule has 0 atom stereocenters. The van der Waals surface area contributed by atoms with Gasteiger partial charge in [-0.1, -0.05) is 0 Å². The van der Waals surface area contributed by atoms with E-state index in [9.17, 15) is 0 Å². The minimum absolute atomic E-state index is 0.599. The summed E-state index contributed by atoms with van der Waals surface area (Å²) >= 11 is 7.31. The fraction of sp³-hybridized carbons (Fsp3) is 0.222. The molecule has 1 N–H and O–H groups in total. The second-order valence-electron chi connectivity index (χ2n) is 2.61. The SMILES string of the molecule is ClCCNc1nccc2sccc12. The van der Waals surface area contributed by atoms with Crippen LogP contribution in [0, 0.1) is 0 Å². The summed E-state index contributed by atoms with van der Waals surface area (Å²) in [5, 5.41) is 6.43. The minimum Gasteiger partial charge on any atom is -0.368 e. The van der Waals surface area contributed by atoms with Crippen LogP contribution in [0.5, 0.6) is 0 Å². The molecule has 0 saturated heterocycles. The average molecular weight is 213 g/mol. The zero-order chi connectivity index (χ0) is 9.10. The Bertz CT molecular complexity index is 399. The monoisotopic (exact) mass is 212 g/mol. The largest absolute Gasteiger partial charge is 0.368 e. The van der Waals surface area contributed by atoms with Gasteiger partial charge in [-0.2, -0.15) is 0 Å². The third kappa shape index (κ3) is 1.76. The Morgan fingerprint density at radius 2 is 2.38 bits per heavy atom. The van der Waals surface area contributed by atoms with Crippen LogP contribution >= 0.6 is 22.9 Å². The summed E-state index contributed by atoms with van der Waals surface area (Å²) in [6.45, 7) is 0.753. The highest BCUT2D eigenvalue weighted by Crippen LogP contribution is 2.25. The lowest BCUT2D eigenvalue weighted by Gasteiger charge is -2.03. The molecule has 0 bridgehead atoms. The van der Waals surface area contributed by atoms with Crippen molar-refractivity contribution in [2.45, 2.75) is 0 Å². The zero-order valence-corrected chi connectivity index (χ0v) is 8.53. The smallest absolute Gasteiger partial charge is 0.134 e. The molecule has 0 amide bonds. The number of anilines is 1. The minimum atomic E-state index is 0.599. The van der Waals surface area contributed by atoms with Crippen molar-refractivity contribution in [2.24, 2.45) is 0 Å². The van der Waals surface area contributed by atoms with Crippen molar-refractivity contribution in [1.82, 2.24) is 4.98 Å². The number of fused-ring (bicyclic) bond motifs is 1. The predicted molar refractivity (Wildman–Crippen MR) is 58.8 cm³/mol. The van der Waals surface area contributed by atoms with Crippen LogP contribution in [0.25, 0.3) is 10.1 Å². The molecule has 2 heterocycles. The van der Waals surface area contributed by atoms with Crippen LogP contribution in [-0.4, -0.2) is 17.4 Å². The van der Waals surface area contributed by atoms with Gasteiger partial charge in [0.2, 0.25) is 0 Å². The highest BCUT2D eigenvalue weighted by molar-refractivity contribution is 7.17. The van der Waals surface area contributed by atoms with E-state index in [-0.39, 0.29) is 0 Å². The van der Waals surface area contributed by atoms with Gasteiger partial charge in [0, 0.05) is 28.7 Å². The van der Waals surface area contributed by atoms with Crippen LogP contribution < -0.4 is 5.32 Å². The number of halogens is 1.